The standard InChI is InChI=1S/C16H24N6O2/c1-12-10-15(24-19-12)18-16(23)13(2)22-8-6-21(7-9-22)11-14-17-4-5-20(14)3/h4-5,10,13H,6-9,11H2,1-3H3,(H,18,23)/t13-/m1/s1. The van der Waals surface area contributed by atoms with Crippen molar-refractivity contribution < 1.29 is 9.32 Å². The highest BCUT2D eigenvalue weighted by atomic mass is 16.5. The number of aromatic nitrogens is 3. The van der Waals surface area contributed by atoms with Gasteiger partial charge in [0, 0.05) is 51.7 Å². The van der Waals surface area contributed by atoms with Crippen LogP contribution < -0.4 is 5.32 Å². The van der Waals surface area contributed by atoms with Crippen LogP contribution in [0.3, 0.4) is 0 Å². The van der Waals surface area contributed by atoms with Crippen molar-refractivity contribution in [2.45, 2.75) is 26.4 Å². The molecule has 0 spiro atoms. The second-order valence-electron chi connectivity index (χ2n) is 6.26. The summed E-state index contributed by atoms with van der Waals surface area (Å²) < 4.78 is 7.08. The maximum absolute atomic E-state index is 12.3. The molecule has 2 aromatic heterocycles. The number of anilines is 1. The lowest BCUT2D eigenvalue weighted by atomic mass is 10.2. The molecule has 1 aliphatic rings. The zero-order valence-electron chi connectivity index (χ0n) is 14.4. The average Bonchev–Trinajstić information content (AvgIpc) is 3.16. The minimum absolute atomic E-state index is 0.0660. The molecule has 8 nitrogen and oxygen atoms in total. The SMILES string of the molecule is Cc1cc(NC(=O)[C@@H](C)N2CCN(Cc3nccn3C)CC2)on1. The van der Waals surface area contributed by atoms with E-state index in [1.54, 1.807) is 6.07 Å². The highest BCUT2D eigenvalue weighted by molar-refractivity contribution is 5.93. The van der Waals surface area contributed by atoms with Gasteiger partial charge in [0.15, 0.2) is 0 Å². The summed E-state index contributed by atoms with van der Waals surface area (Å²) in [5.74, 6) is 1.40. The summed E-state index contributed by atoms with van der Waals surface area (Å²) in [5, 5.41) is 6.55. The van der Waals surface area contributed by atoms with E-state index < -0.39 is 0 Å². The average molecular weight is 332 g/mol. The van der Waals surface area contributed by atoms with Crippen LogP contribution in [0.5, 0.6) is 0 Å². The zero-order chi connectivity index (χ0) is 17.1. The van der Waals surface area contributed by atoms with Gasteiger partial charge in [0.25, 0.3) is 0 Å². The molecule has 1 amide bonds. The number of hydrogen-bond acceptors (Lipinski definition) is 6. The van der Waals surface area contributed by atoms with Crippen LogP contribution in [0, 0.1) is 6.92 Å². The van der Waals surface area contributed by atoms with Gasteiger partial charge >= 0.3 is 0 Å². The van der Waals surface area contributed by atoms with E-state index in [1.165, 1.54) is 0 Å². The van der Waals surface area contributed by atoms with Crippen molar-refractivity contribution >= 4 is 11.8 Å². The Balaban J connectivity index is 1.48. The second kappa shape index (κ2) is 7.14. The summed E-state index contributed by atoms with van der Waals surface area (Å²) in [6, 6.07) is 1.51. The Morgan fingerprint density at radius 1 is 1.38 bits per heavy atom. The van der Waals surface area contributed by atoms with Crippen LogP contribution in [0.25, 0.3) is 0 Å². The first-order chi connectivity index (χ1) is 11.5. The zero-order valence-corrected chi connectivity index (χ0v) is 14.4. The highest BCUT2D eigenvalue weighted by Crippen LogP contribution is 2.13. The molecule has 0 aromatic carbocycles. The Labute approximate surface area is 141 Å². The van der Waals surface area contributed by atoms with Crippen molar-refractivity contribution in [2.24, 2.45) is 7.05 Å². The normalized spacial score (nSPS) is 17.8. The molecule has 2 aromatic rings. The van der Waals surface area contributed by atoms with Crippen molar-refractivity contribution in [1.29, 1.82) is 0 Å². The van der Waals surface area contributed by atoms with Gasteiger partial charge in [-0.3, -0.25) is 19.9 Å². The lowest BCUT2D eigenvalue weighted by molar-refractivity contribution is -0.121. The summed E-state index contributed by atoms with van der Waals surface area (Å²) >= 11 is 0. The molecule has 1 aliphatic heterocycles. The van der Waals surface area contributed by atoms with Gasteiger partial charge < -0.3 is 9.09 Å². The van der Waals surface area contributed by atoms with Gasteiger partial charge in [-0.2, -0.15) is 0 Å². The van der Waals surface area contributed by atoms with Gasteiger partial charge in [0.1, 0.15) is 5.82 Å². The fourth-order valence-electron chi connectivity index (χ4n) is 2.87. The monoisotopic (exact) mass is 332 g/mol. The lowest BCUT2D eigenvalue weighted by Gasteiger charge is -2.37. The molecule has 0 bridgehead atoms. The third kappa shape index (κ3) is 3.82. The first kappa shape index (κ1) is 16.7. The molecule has 1 fully saturated rings. The van der Waals surface area contributed by atoms with E-state index in [4.69, 9.17) is 4.52 Å². The molecule has 3 heterocycles. The Morgan fingerprint density at radius 3 is 2.71 bits per heavy atom. The largest absolute Gasteiger partial charge is 0.338 e. The molecule has 1 saturated heterocycles. The van der Waals surface area contributed by atoms with Gasteiger partial charge in [-0.1, -0.05) is 5.16 Å². The van der Waals surface area contributed by atoms with Crippen LogP contribution >= 0.6 is 0 Å². The predicted molar refractivity (Wildman–Crippen MR) is 89.4 cm³/mol. The van der Waals surface area contributed by atoms with Crippen molar-refractivity contribution in [1.82, 2.24) is 24.5 Å². The number of nitrogens with one attached hydrogen (secondary N) is 1. The van der Waals surface area contributed by atoms with E-state index in [0.29, 0.717) is 5.88 Å². The van der Waals surface area contributed by atoms with Gasteiger partial charge in [-0.05, 0) is 13.8 Å². The summed E-state index contributed by atoms with van der Waals surface area (Å²) in [4.78, 5) is 21.3. The van der Waals surface area contributed by atoms with E-state index in [1.807, 2.05) is 37.9 Å². The summed E-state index contributed by atoms with van der Waals surface area (Å²) in [5.41, 5.74) is 0.751. The highest BCUT2D eigenvalue weighted by Gasteiger charge is 2.26. The Bertz CT molecular complexity index is 686. The molecule has 3 rings (SSSR count). The number of piperazine rings is 1. The van der Waals surface area contributed by atoms with Crippen LogP contribution in [0.2, 0.25) is 0 Å². The molecule has 8 heteroatoms. The Kier molecular flexibility index (Phi) is 4.96. The van der Waals surface area contributed by atoms with Crippen LogP contribution in [0.15, 0.2) is 23.0 Å². The van der Waals surface area contributed by atoms with E-state index in [9.17, 15) is 4.79 Å². The summed E-state index contributed by atoms with van der Waals surface area (Å²) in [6.07, 6.45) is 3.78. The quantitative estimate of drug-likeness (QED) is 0.875. The first-order valence-electron chi connectivity index (χ1n) is 8.19. The van der Waals surface area contributed by atoms with Crippen LogP contribution in [-0.2, 0) is 18.4 Å². The second-order valence-corrected chi connectivity index (χ2v) is 6.26. The Morgan fingerprint density at radius 2 is 2.12 bits per heavy atom. The molecule has 1 atom stereocenters. The fraction of sp³-hybridized carbons (Fsp3) is 0.562. The van der Waals surface area contributed by atoms with Gasteiger partial charge in [-0.15, -0.1) is 0 Å². The summed E-state index contributed by atoms with van der Waals surface area (Å²) in [6.45, 7) is 8.15. The van der Waals surface area contributed by atoms with Crippen molar-refractivity contribution in [2.75, 3.05) is 31.5 Å². The number of carbonyl (C=O) groups excluding carboxylic acids is 1. The number of carbonyl (C=O) groups is 1. The third-order valence-corrected chi connectivity index (χ3v) is 4.49. The molecule has 0 unspecified atom stereocenters. The van der Waals surface area contributed by atoms with Crippen LogP contribution in [0.1, 0.15) is 18.4 Å². The van der Waals surface area contributed by atoms with E-state index in [0.717, 1.165) is 44.2 Å². The molecule has 0 saturated carbocycles. The Hall–Kier alpha value is -2.19. The van der Waals surface area contributed by atoms with E-state index in [2.05, 4.69) is 25.3 Å². The molecule has 0 radical (unpaired) electrons. The minimum Gasteiger partial charge on any atom is -0.338 e. The maximum Gasteiger partial charge on any atom is 0.243 e. The van der Waals surface area contributed by atoms with Gasteiger partial charge in [0.05, 0.1) is 18.3 Å². The van der Waals surface area contributed by atoms with Crippen molar-refractivity contribution in [3.63, 3.8) is 0 Å². The number of amides is 1. The third-order valence-electron chi connectivity index (χ3n) is 4.49. The topological polar surface area (TPSA) is 79.4 Å². The molecule has 0 aliphatic carbocycles. The van der Waals surface area contributed by atoms with Crippen LogP contribution in [-0.4, -0.2) is 62.6 Å². The molecule has 24 heavy (non-hydrogen) atoms. The molecular weight excluding hydrogens is 308 g/mol. The number of imidazole rings is 1. The molecular formula is C16H24N6O2. The summed E-state index contributed by atoms with van der Waals surface area (Å²) in [7, 11) is 2.01. The fourth-order valence-corrected chi connectivity index (χ4v) is 2.87. The van der Waals surface area contributed by atoms with Crippen molar-refractivity contribution in [3.05, 3.63) is 30.0 Å². The molecule has 130 valence electrons. The first-order valence-corrected chi connectivity index (χ1v) is 8.19. The number of rotatable bonds is 5. The van der Waals surface area contributed by atoms with Gasteiger partial charge in [-0.25, -0.2) is 4.98 Å². The number of hydrogen-bond donors (Lipinski definition) is 1. The van der Waals surface area contributed by atoms with Crippen molar-refractivity contribution in [3.8, 4) is 0 Å². The lowest BCUT2D eigenvalue weighted by Crippen LogP contribution is -2.52. The van der Waals surface area contributed by atoms with E-state index >= 15 is 0 Å². The number of nitrogens with zero attached hydrogens (tertiary/aromatic N) is 5. The maximum atomic E-state index is 12.3. The van der Waals surface area contributed by atoms with Gasteiger partial charge in [0.2, 0.25) is 11.8 Å². The van der Waals surface area contributed by atoms with Crippen LogP contribution in [0.4, 0.5) is 5.88 Å². The number of aryl methyl sites for hydroxylation is 2. The minimum atomic E-state index is -0.203. The van der Waals surface area contributed by atoms with E-state index in [-0.39, 0.29) is 11.9 Å². The predicted octanol–water partition coefficient (Wildman–Crippen LogP) is 0.861. The smallest absolute Gasteiger partial charge is 0.243 e. The molecule has 1 N–H and O–H groups in total.